The number of fused-ring (bicyclic) bond motifs is 1. The van der Waals surface area contributed by atoms with Crippen LogP contribution in [0.5, 0.6) is 0 Å². The highest BCUT2D eigenvalue weighted by Crippen LogP contribution is 2.30. The van der Waals surface area contributed by atoms with E-state index in [0.717, 1.165) is 44.9 Å². The lowest BCUT2D eigenvalue weighted by Gasteiger charge is -2.35. The van der Waals surface area contributed by atoms with Crippen LogP contribution in [0, 0.1) is 6.92 Å². The monoisotopic (exact) mass is 565 g/mol. The van der Waals surface area contributed by atoms with Gasteiger partial charge in [-0.1, -0.05) is 52.3 Å². The first kappa shape index (κ1) is 27.0. The van der Waals surface area contributed by atoms with Gasteiger partial charge in [-0.3, -0.25) is 4.79 Å². The number of amides is 2. The molecule has 4 rings (SSSR count). The first-order valence-corrected chi connectivity index (χ1v) is 13.6. The number of likely N-dealkylation sites (tertiary alicyclic amines) is 1. The summed E-state index contributed by atoms with van der Waals surface area (Å²) in [5, 5.41) is 8.96. The molecule has 2 N–H and O–H groups in total. The van der Waals surface area contributed by atoms with Crippen molar-refractivity contribution < 1.29 is 14.3 Å². The fourth-order valence-corrected chi connectivity index (χ4v) is 5.27. The number of piperidine rings is 1. The van der Waals surface area contributed by atoms with Gasteiger partial charge in [0, 0.05) is 34.9 Å². The molecule has 2 atom stereocenters. The minimum atomic E-state index is -0.518. The Hall–Kier alpha value is -3.06. The zero-order valence-corrected chi connectivity index (χ0v) is 23.8. The van der Waals surface area contributed by atoms with Gasteiger partial charge in [0.2, 0.25) is 0 Å². The summed E-state index contributed by atoms with van der Waals surface area (Å²) in [5.41, 5.74) is 2.97. The number of carbonyl (C=O) groups excluding carboxylic acids is 2. The molecule has 0 aliphatic carbocycles. The average molecular weight is 567 g/mol. The van der Waals surface area contributed by atoms with E-state index in [1.807, 2.05) is 71.0 Å². The Morgan fingerprint density at radius 3 is 2.54 bits per heavy atom. The molecule has 1 fully saturated rings. The molecule has 0 unspecified atom stereocenters. The van der Waals surface area contributed by atoms with Gasteiger partial charge in [0.15, 0.2) is 0 Å². The van der Waals surface area contributed by atoms with E-state index >= 15 is 0 Å². The second kappa shape index (κ2) is 11.1. The number of carbonyl (C=O) groups is 2. The number of hydrogen-bond acceptors (Lipinski definition) is 4. The van der Waals surface area contributed by atoms with Crippen LogP contribution in [0.1, 0.15) is 68.1 Å². The second-order valence-electron chi connectivity index (χ2n) is 10.8. The van der Waals surface area contributed by atoms with E-state index in [2.05, 4.69) is 44.8 Å². The lowest BCUT2D eigenvalue weighted by molar-refractivity contribution is 0.0206. The van der Waals surface area contributed by atoms with Gasteiger partial charge in [0.05, 0.1) is 6.04 Å². The van der Waals surface area contributed by atoms with Crippen molar-refractivity contribution in [1.82, 2.24) is 10.2 Å². The maximum absolute atomic E-state index is 13.4. The van der Waals surface area contributed by atoms with Gasteiger partial charge in [0.1, 0.15) is 5.60 Å². The molecule has 7 heteroatoms. The fourth-order valence-electron chi connectivity index (χ4n) is 4.79. The number of benzene rings is 3. The van der Waals surface area contributed by atoms with Crippen LogP contribution < -0.4 is 10.6 Å². The molecule has 2 amide bonds. The number of nitrogens with zero attached hydrogens (tertiary/aromatic N) is 1. The molecule has 1 heterocycles. The Balaban J connectivity index is 1.46. The maximum atomic E-state index is 13.4. The molecular weight excluding hydrogens is 530 g/mol. The molecule has 0 aromatic heterocycles. The molecular formula is C30H36BrN3O3. The van der Waals surface area contributed by atoms with Crippen molar-refractivity contribution in [3.05, 3.63) is 75.8 Å². The first-order chi connectivity index (χ1) is 17.5. The van der Waals surface area contributed by atoms with Gasteiger partial charge >= 0.3 is 6.09 Å². The van der Waals surface area contributed by atoms with E-state index in [9.17, 15) is 9.59 Å². The Labute approximate surface area is 227 Å². The summed E-state index contributed by atoms with van der Waals surface area (Å²) in [4.78, 5) is 27.7. The summed E-state index contributed by atoms with van der Waals surface area (Å²) in [7, 11) is 0. The number of nitrogens with one attached hydrogen (secondary N) is 2. The molecule has 196 valence electrons. The standard InChI is InChI=1S/C30H36BrN3O3/c1-19-12-13-21(33-22-9-8-16-34(18-22)29(36)37-30(3,4)5)17-26(19)28(35)32-20(2)23-14-15-27(31)25-11-7-6-10-24(23)25/h6-7,10-15,17,20,22,33H,8-9,16,18H2,1-5H3,(H,32,35)/t20-,22+/m1/s1. The zero-order valence-electron chi connectivity index (χ0n) is 22.2. The van der Waals surface area contributed by atoms with E-state index in [1.165, 1.54) is 0 Å². The lowest BCUT2D eigenvalue weighted by atomic mass is 9.99. The normalized spacial score (nSPS) is 16.8. The largest absolute Gasteiger partial charge is 0.444 e. The Bertz CT molecular complexity index is 1300. The highest BCUT2D eigenvalue weighted by molar-refractivity contribution is 9.10. The summed E-state index contributed by atoms with van der Waals surface area (Å²) in [6.07, 6.45) is 1.56. The molecule has 1 aliphatic heterocycles. The van der Waals surface area contributed by atoms with Crippen molar-refractivity contribution in [3.63, 3.8) is 0 Å². The van der Waals surface area contributed by atoms with Gasteiger partial charge in [-0.25, -0.2) is 4.79 Å². The van der Waals surface area contributed by atoms with Crippen molar-refractivity contribution in [2.75, 3.05) is 18.4 Å². The molecule has 0 spiro atoms. The van der Waals surface area contributed by atoms with E-state index in [-0.39, 0.29) is 24.1 Å². The third kappa shape index (κ3) is 6.63. The lowest BCUT2D eigenvalue weighted by Crippen LogP contribution is -2.47. The molecule has 1 saturated heterocycles. The molecule has 37 heavy (non-hydrogen) atoms. The summed E-state index contributed by atoms with van der Waals surface area (Å²) < 4.78 is 6.59. The summed E-state index contributed by atoms with van der Waals surface area (Å²) in [5.74, 6) is -0.111. The Kier molecular flexibility index (Phi) is 8.12. The average Bonchev–Trinajstić information content (AvgIpc) is 2.84. The van der Waals surface area contributed by atoms with Crippen molar-refractivity contribution >= 4 is 44.4 Å². The van der Waals surface area contributed by atoms with Crippen molar-refractivity contribution in [1.29, 1.82) is 0 Å². The quantitative estimate of drug-likeness (QED) is 0.342. The van der Waals surface area contributed by atoms with Crippen molar-refractivity contribution in [2.45, 2.75) is 65.1 Å². The summed E-state index contributed by atoms with van der Waals surface area (Å²) in [6, 6.07) is 18.1. The fraction of sp³-hybridized carbons (Fsp3) is 0.400. The summed E-state index contributed by atoms with van der Waals surface area (Å²) in [6.45, 7) is 10.9. The zero-order chi connectivity index (χ0) is 26.7. The smallest absolute Gasteiger partial charge is 0.410 e. The minimum Gasteiger partial charge on any atom is -0.444 e. The van der Waals surface area contributed by atoms with Gasteiger partial charge in [-0.15, -0.1) is 0 Å². The van der Waals surface area contributed by atoms with E-state index < -0.39 is 5.60 Å². The molecule has 3 aromatic rings. The highest BCUT2D eigenvalue weighted by Gasteiger charge is 2.28. The van der Waals surface area contributed by atoms with Crippen LogP contribution in [-0.2, 0) is 4.74 Å². The second-order valence-corrected chi connectivity index (χ2v) is 11.7. The number of halogens is 1. The van der Waals surface area contributed by atoms with Gasteiger partial charge < -0.3 is 20.3 Å². The molecule has 0 saturated carbocycles. The van der Waals surface area contributed by atoms with Gasteiger partial charge in [-0.2, -0.15) is 0 Å². The first-order valence-electron chi connectivity index (χ1n) is 12.8. The third-order valence-electron chi connectivity index (χ3n) is 6.64. The SMILES string of the molecule is Cc1ccc(N[C@H]2CCCN(C(=O)OC(C)(C)C)C2)cc1C(=O)N[C@H](C)c1ccc(Br)c2ccccc12. The highest BCUT2D eigenvalue weighted by atomic mass is 79.9. The predicted octanol–water partition coefficient (Wildman–Crippen LogP) is 7.21. The van der Waals surface area contributed by atoms with Crippen LogP contribution in [-0.4, -0.2) is 41.6 Å². The Morgan fingerprint density at radius 2 is 1.81 bits per heavy atom. The molecule has 0 bridgehead atoms. The van der Waals surface area contributed by atoms with Crippen molar-refractivity contribution in [3.8, 4) is 0 Å². The third-order valence-corrected chi connectivity index (χ3v) is 7.34. The van der Waals surface area contributed by atoms with E-state index in [0.29, 0.717) is 18.7 Å². The van der Waals surface area contributed by atoms with Crippen molar-refractivity contribution in [2.24, 2.45) is 0 Å². The van der Waals surface area contributed by atoms with Crippen LogP contribution in [0.3, 0.4) is 0 Å². The maximum Gasteiger partial charge on any atom is 0.410 e. The predicted molar refractivity (Wildman–Crippen MR) is 153 cm³/mol. The van der Waals surface area contributed by atoms with Crippen LogP contribution in [0.4, 0.5) is 10.5 Å². The minimum absolute atomic E-state index is 0.0907. The molecule has 0 radical (unpaired) electrons. The molecule has 3 aromatic carbocycles. The van der Waals surface area contributed by atoms with Crippen LogP contribution >= 0.6 is 15.9 Å². The van der Waals surface area contributed by atoms with Crippen LogP contribution in [0.25, 0.3) is 10.8 Å². The number of rotatable bonds is 5. The topological polar surface area (TPSA) is 70.7 Å². The molecule has 6 nitrogen and oxygen atoms in total. The summed E-state index contributed by atoms with van der Waals surface area (Å²) >= 11 is 3.63. The van der Waals surface area contributed by atoms with E-state index in [1.54, 1.807) is 4.90 Å². The number of hydrogen-bond donors (Lipinski definition) is 2. The number of ether oxygens (including phenoxy) is 1. The van der Waals surface area contributed by atoms with Crippen LogP contribution in [0.2, 0.25) is 0 Å². The van der Waals surface area contributed by atoms with Gasteiger partial charge in [0.25, 0.3) is 5.91 Å². The number of aryl methyl sites for hydroxylation is 1. The van der Waals surface area contributed by atoms with Crippen LogP contribution in [0.15, 0.2) is 59.1 Å². The number of anilines is 1. The Morgan fingerprint density at radius 1 is 1.08 bits per heavy atom. The van der Waals surface area contributed by atoms with E-state index in [4.69, 9.17) is 4.74 Å². The molecule has 1 aliphatic rings. The van der Waals surface area contributed by atoms with Gasteiger partial charge in [-0.05, 0) is 87.6 Å².